The molecule has 6 atom stereocenters. The number of aryl methyl sites for hydroxylation is 4. The molecule has 0 radical (unpaired) electrons. The molecule has 12 rings (SSSR count). The Morgan fingerprint density at radius 3 is 0.463 bits per heavy atom. The lowest BCUT2D eigenvalue weighted by Gasteiger charge is -2.08. The summed E-state index contributed by atoms with van der Waals surface area (Å²) >= 11 is 0. The lowest BCUT2D eigenvalue weighted by molar-refractivity contribution is -0.139. The van der Waals surface area contributed by atoms with Gasteiger partial charge in [-0.2, -0.15) is 0 Å². The number of carboxylic acids is 6. The third-order valence-electron chi connectivity index (χ3n) is 21.4. The van der Waals surface area contributed by atoms with Crippen molar-refractivity contribution in [2.45, 2.75) is 175 Å². The molecular formula is C108H118N6O20S2. The van der Waals surface area contributed by atoms with E-state index in [9.17, 15) is 64.8 Å². The van der Waals surface area contributed by atoms with E-state index in [1.165, 1.54) is 22.3 Å². The van der Waals surface area contributed by atoms with Crippen molar-refractivity contribution in [3.8, 4) is 0 Å². The van der Waals surface area contributed by atoms with Crippen molar-refractivity contribution in [3.05, 3.63) is 415 Å². The number of carbonyl (C=O) groups excluding carboxylic acids is 4. The van der Waals surface area contributed by atoms with Crippen LogP contribution in [0.15, 0.2) is 313 Å². The van der Waals surface area contributed by atoms with Crippen LogP contribution in [0.5, 0.6) is 0 Å². The molecule has 0 spiro atoms. The lowest BCUT2D eigenvalue weighted by atomic mass is 9.99. The number of ketones is 4. The van der Waals surface area contributed by atoms with Crippen LogP contribution < -0.4 is 34.4 Å². The first-order chi connectivity index (χ1) is 64.5. The number of Topliss-reactive ketones (excluding diaryl/α,β-unsaturated/α-hetero) is 4. The van der Waals surface area contributed by atoms with Gasteiger partial charge in [-0.25, -0.2) is 16.8 Å². The Bertz CT molecular complexity index is 5520. The summed E-state index contributed by atoms with van der Waals surface area (Å²) in [7, 11) is -6.76. The molecule has 136 heavy (non-hydrogen) atoms. The van der Waals surface area contributed by atoms with Crippen LogP contribution in [0.2, 0.25) is 0 Å². The summed E-state index contributed by atoms with van der Waals surface area (Å²) in [4.78, 5) is 113. The summed E-state index contributed by atoms with van der Waals surface area (Å²) in [5.41, 5.74) is 51.7. The van der Waals surface area contributed by atoms with Gasteiger partial charge in [0.1, 0.15) is 59.4 Å². The van der Waals surface area contributed by atoms with E-state index in [2.05, 4.69) is 0 Å². The predicted molar refractivity (Wildman–Crippen MR) is 524 cm³/mol. The first-order valence-electron chi connectivity index (χ1n) is 43.7. The number of rotatable bonds is 40. The number of hydrogen-bond acceptors (Lipinski definition) is 20. The number of aliphatic carboxylic acids is 6. The number of nitrogens with two attached hydrogens (primary N) is 6. The van der Waals surface area contributed by atoms with Crippen molar-refractivity contribution in [2.24, 2.45) is 34.4 Å². The van der Waals surface area contributed by atoms with Gasteiger partial charge in [-0.15, -0.1) is 0 Å². The Morgan fingerprint density at radius 2 is 0.324 bits per heavy atom. The molecule has 26 nitrogen and oxygen atoms in total. The van der Waals surface area contributed by atoms with E-state index < -0.39 is 91.7 Å². The summed E-state index contributed by atoms with van der Waals surface area (Å²) < 4.78 is 49.0. The zero-order valence-electron chi connectivity index (χ0n) is 76.3. The Kier molecular flexibility index (Phi) is 43.9. The fraction of sp³-hybridized carbons (Fsp3) is 0.241. The highest BCUT2D eigenvalue weighted by Gasteiger charge is 2.22. The van der Waals surface area contributed by atoms with Gasteiger partial charge in [0.2, 0.25) is 0 Å². The molecule has 0 unspecified atom stereocenters. The maximum absolute atomic E-state index is 12.3. The molecule has 12 aromatic carbocycles. The number of carbonyl (C=O) groups is 10. The molecule has 0 amide bonds. The average molecular weight is 1880 g/mol. The van der Waals surface area contributed by atoms with E-state index in [0.717, 1.165) is 77.9 Å². The summed E-state index contributed by atoms with van der Waals surface area (Å²) in [6.45, 7) is 8.07. The maximum Gasteiger partial charge on any atom is 0.320 e. The van der Waals surface area contributed by atoms with E-state index in [1.54, 1.807) is 109 Å². The minimum absolute atomic E-state index is 0.0950. The minimum atomic E-state index is -3.38. The van der Waals surface area contributed by atoms with Gasteiger partial charge in [-0.1, -0.05) is 301 Å². The molecule has 18 N–H and O–H groups in total. The van der Waals surface area contributed by atoms with Crippen LogP contribution in [0.4, 0.5) is 0 Å². The first kappa shape index (κ1) is 109. The maximum atomic E-state index is 12.3. The summed E-state index contributed by atoms with van der Waals surface area (Å²) in [5, 5.41) is 52.8. The molecule has 0 aliphatic rings. The highest BCUT2D eigenvalue weighted by Crippen LogP contribution is 2.22. The molecule has 0 aromatic heterocycles. The quantitative estimate of drug-likeness (QED) is 0.0170. The van der Waals surface area contributed by atoms with E-state index in [-0.39, 0.29) is 83.0 Å². The fourth-order valence-electron chi connectivity index (χ4n) is 13.5. The highest BCUT2D eigenvalue weighted by atomic mass is 32.2. The van der Waals surface area contributed by atoms with Crippen molar-refractivity contribution in [2.75, 3.05) is 0 Å². The van der Waals surface area contributed by atoms with Gasteiger partial charge in [0.15, 0.2) is 19.7 Å². The Balaban J connectivity index is 0.000000222. The second-order valence-corrected chi connectivity index (χ2v) is 37.4. The SMILES string of the molecule is Cc1ccc(CC(=O)Cc2ccc(C[C@@H](N)C(=O)O)cc2)cc1.Cc1ccc(CC(=O)Cc2ccc(C[C@@H](N)C(=O)O)cc2)cc1.Cc1ccc(CC(=O)Cc2ccc(C[C@H](N)C(=O)O)cc2)cc1.Cc1ccc(CC(=O)Cc2ccc(C[C@H](N)C(=O)O)cc2)cc1.N[C@@H](Cc1ccc(CS(=O)(=O)c2ccccc2)cc1)C(=O)O.N[C@H](Cc1ccc(CS(=O)(=O)c2ccccc2)cc1)C(=O)O. The molecule has 0 aliphatic carbocycles. The van der Waals surface area contributed by atoms with Gasteiger partial charge < -0.3 is 65.0 Å². The number of hydrogen-bond donors (Lipinski definition) is 12. The molecular weight excluding hydrogens is 1770 g/mol. The van der Waals surface area contributed by atoms with E-state index in [4.69, 9.17) is 65.0 Å². The van der Waals surface area contributed by atoms with Crippen molar-refractivity contribution in [1.29, 1.82) is 0 Å². The predicted octanol–water partition coefficient (Wildman–Crippen LogP) is 12.4. The standard InChI is InChI=1S/4C19H21NO3.2C16H17NO4S/c4*1-13-2-4-14(5-3-13)10-17(21)11-15-6-8-16(9-7-15)12-18(20)19(22)23;2*17-15(16(18)19)10-12-6-8-13(9-7-12)11-22(20,21)14-4-2-1-3-5-14/h4*2-9,18H,10-12,20H2,1H3,(H,22,23);2*1-9,15H,10-11,17H2,(H,18,19)/t4*18-;2*15-/m110010/s1. The van der Waals surface area contributed by atoms with Crippen LogP contribution in [0.1, 0.15) is 111 Å². The highest BCUT2D eigenvalue weighted by molar-refractivity contribution is 7.91. The van der Waals surface area contributed by atoms with E-state index in [1.807, 2.05) is 222 Å². The van der Waals surface area contributed by atoms with Gasteiger partial charge in [0, 0.05) is 51.4 Å². The topological polar surface area (TPSA) is 516 Å². The van der Waals surface area contributed by atoms with Crippen LogP contribution in [0, 0.1) is 27.7 Å². The molecule has 0 bridgehead atoms. The number of sulfone groups is 2. The van der Waals surface area contributed by atoms with Crippen molar-refractivity contribution in [3.63, 3.8) is 0 Å². The normalized spacial score (nSPS) is 12.2. The largest absolute Gasteiger partial charge is 0.480 e. The molecule has 28 heteroatoms. The first-order valence-corrected chi connectivity index (χ1v) is 47.0. The molecule has 0 aliphatic heterocycles. The lowest BCUT2D eigenvalue weighted by Crippen LogP contribution is -2.32. The monoisotopic (exact) mass is 1880 g/mol. The van der Waals surface area contributed by atoms with Crippen LogP contribution in [0.25, 0.3) is 0 Å². The molecule has 0 fully saturated rings. The average Bonchev–Trinajstić information content (AvgIpc) is 0.832. The third-order valence-corrected chi connectivity index (χ3v) is 24.8. The zero-order valence-corrected chi connectivity index (χ0v) is 78.0. The van der Waals surface area contributed by atoms with Crippen LogP contribution in [0.3, 0.4) is 0 Å². The summed E-state index contributed by atoms with van der Waals surface area (Å²) in [6.07, 6.45) is 4.74. The Morgan fingerprint density at radius 1 is 0.199 bits per heavy atom. The second-order valence-electron chi connectivity index (χ2n) is 33.4. The van der Waals surface area contributed by atoms with Gasteiger partial charge in [-0.05, 0) is 180 Å². The van der Waals surface area contributed by atoms with Crippen molar-refractivity contribution < 1.29 is 95.4 Å². The summed E-state index contributed by atoms with van der Waals surface area (Å²) in [5.74, 6) is -5.73. The molecule has 0 saturated carbocycles. The number of benzene rings is 12. The minimum Gasteiger partial charge on any atom is -0.480 e. The fourth-order valence-corrected chi connectivity index (χ4v) is 16.3. The van der Waals surface area contributed by atoms with Gasteiger partial charge in [0.25, 0.3) is 0 Å². The van der Waals surface area contributed by atoms with Gasteiger partial charge >= 0.3 is 35.8 Å². The molecule has 712 valence electrons. The molecule has 12 aromatic rings. The van der Waals surface area contributed by atoms with Crippen molar-refractivity contribution >= 4 is 78.6 Å². The molecule has 0 heterocycles. The summed E-state index contributed by atoms with van der Waals surface area (Å²) in [6, 6.07) is 85.9. The van der Waals surface area contributed by atoms with Crippen LogP contribution in [-0.4, -0.2) is 143 Å². The van der Waals surface area contributed by atoms with Gasteiger partial charge in [-0.3, -0.25) is 47.9 Å². The van der Waals surface area contributed by atoms with Crippen LogP contribution >= 0.6 is 0 Å². The second kappa shape index (κ2) is 54.8. The Hall–Kier alpha value is -14.2. The number of carboxylic acid groups (broad SMARTS) is 6. The molecule has 0 saturated heterocycles. The smallest absolute Gasteiger partial charge is 0.320 e. The van der Waals surface area contributed by atoms with E-state index >= 15 is 0 Å². The van der Waals surface area contributed by atoms with E-state index in [0.29, 0.717) is 62.5 Å². The van der Waals surface area contributed by atoms with Crippen LogP contribution in [-0.2, 0) is 169 Å². The zero-order chi connectivity index (χ0) is 99.6. The third kappa shape index (κ3) is 40.7. The van der Waals surface area contributed by atoms with Crippen molar-refractivity contribution in [1.82, 2.24) is 0 Å². The van der Waals surface area contributed by atoms with Gasteiger partial charge in [0.05, 0.1) is 21.3 Å². The Labute approximate surface area is 793 Å².